The van der Waals surface area contributed by atoms with Gasteiger partial charge in [0.1, 0.15) is 0 Å². The summed E-state index contributed by atoms with van der Waals surface area (Å²) in [5.74, 6) is 1.11. The maximum absolute atomic E-state index is 12.2. The van der Waals surface area contributed by atoms with Crippen molar-refractivity contribution in [2.75, 3.05) is 19.6 Å². The Kier molecular flexibility index (Phi) is 6.68. The van der Waals surface area contributed by atoms with E-state index < -0.39 is 0 Å². The van der Waals surface area contributed by atoms with Gasteiger partial charge in [-0.3, -0.25) is 9.59 Å². The minimum atomic E-state index is 0.0331. The molecule has 2 aliphatic rings. The van der Waals surface area contributed by atoms with Crippen LogP contribution in [0.1, 0.15) is 58.3 Å². The highest BCUT2D eigenvalue weighted by Crippen LogP contribution is 2.26. The quantitative estimate of drug-likeness (QED) is 0.811. The fraction of sp³-hybridized carbons (Fsp3) is 0.882. The monoisotopic (exact) mass is 309 g/mol. The third kappa shape index (κ3) is 5.27. The van der Waals surface area contributed by atoms with Crippen molar-refractivity contribution >= 4 is 11.8 Å². The summed E-state index contributed by atoms with van der Waals surface area (Å²) in [4.78, 5) is 26.0. The molecule has 0 spiro atoms. The van der Waals surface area contributed by atoms with Crippen LogP contribution in [-0.2, 0) is 9.59 Å². The zero-order valence-corrected chi connectivity index (χ0v) is 13.9. The predicted octanol–water partition coefficient (Wildman–Crippen LogP) is 1.66. The van der Waals surface area contributed by atoms with Crippen molar-refractivity contribution in [3.05, 3.63) is 0 Å². The summed E-state index contributed by atoms with van der Waals surface area (Å²) in [6, 6.07) is 0.201. The average Bonchev–Trinajstić information content (AvgIpc) is 2.53. The van der Waals surface area contributed by atoms with E-state index in [9.17, 15) is 9.59 Å². The second-order valence-corrected chi connectivity index (χ2v) is 7.06. The van der Waals surface area contributed by atoms with Crippen molar-refractivity contribution in [1.82, 2.24) is 10.2 Å². The van der Waals surface area contributed by atoms with E-state index in [0.29, 0.717) is 18.3 Å². The number of amides is 2. The van der Waals surface area contributed by atoms with Gasteiger partial charge in [-0.15, -0.1) is 0 Å². The molecule has 2 rings (SSSR count). The molecule has 0 aromatic carbocycles. The van der Waals surface area contributed by atoms with Crippen molar-refractivity contribution in [2.45, 2.75) is 64.3 Å². The maximum Gasteiger partial charge on any atom is 0.241 e. The van der Waals surface area contributed by atoms with Gasteiger partial charge in [-0.25, -0.2) is 0 Å². The second kappa shape index (κ2) is 8.51. The molecule has 2 amide bonds. The van der Waals surface area contributed by atoms with Crippen LogP contribution < -0.4 is 11.1 Å². The fourth-order valence-electron chi connectivity index (χ4n) is 3.69. The van der Waals surface area contributed by atoms with Crippen LogP contribution in [0.15, 0.2) is 0 Å². The van der Waals surface area contributed by atoms with Crippen LogP contribution in [0, 0.1) is 11.8 Å². The molecule has 1 atom stereocenters. The van der Waals surface area contributed by atoms with E-state index >= 15 is 0 Å². The van der Waals surface area contributed by atoms with Crippen LogP contribution in [0.25, 0.3) is 0 Å². The Hall–Kier alpha value is -1.10. The number of carbonyl (C=O) groups is 2. The van der Waals surface area contributed by atoms with E-state index in [1.54, 1.807) is 0 Å². The number of carbonyl (C=O) groups excluding carboxylic acids is 2. The molecular weight excluding hydrogens is 278 g/mol. The van der Waals surface area contributed by atoms with E-state index in [-0.39, 0.29) is 24.4 Å². The molecule has 3 N–H and O–H groups in total. The number of rotatable bonds is 5. The molecule has 1 aliphatic carbocycles. The van der Waals surface area contributed by atoms with Crippen molar-refractivity contribution in [3.63, 3.8) is 0 Å². The summed E-state index contributed by atoms with van der Waals surface area (Å²) in [5, 5.41) is 2.81. The van der Waals surface area contributed by atoms with Gasteiger partial charge in [-0.2, -0.15) is 0 Å². The van der Waals surface area contributed by atoms with Gasteiger partial charge >= 0.3 is 0 Å². The minimum absolute atomic E-state index is 0.0331. The van der Waals surface area contributed by atoms with Crippen LogP contribution in [0.2, 0.25) is 0 Å². The number of hydrogen-bond donors (Lipinski definition) is 2. The van der Waals surface area contributed by atoms with Gasteiger partial charge in [0.2, 0.25) is 11.8 Å². The number of hydrogen-bond acceptors (Lipinski definition) is 3. The molecule has 22 heavy (non-hydrogen) atoms. The molecule has 1 saturated carbocycles. The Bertz CT molecular complexity index is 370. The van der Waals surface area contributed by atoms with Crippen LogP contribution in [0.5, 0.6) is 0 Å². The zero-order chi connectivity index (χ0) is 15.9. The SMILES string of the molecule is CC(N)C1CCN(C(=O)CNC(=O)CC2CCCCC2)CC1. The molecule has 5 heteroatoms. The van der Waals surface area contributed by atoms with E-state index in [4.69, 9.17) is 5.73 Å². The molecule has 2 fully saturated rings. The van der Waals surface area contributed by atoms with Crippen LogP contribution in [0.3, 0.4) is 0 Å². The summed E-state index contributed by atoms with van der Waals surface area (Å²) >= 11 is 0. The Morgan fingerprint density at radius 1 is 1.14 bits per heavy atom. The molecule has 1 saturated heterocycles. The summed E-state index contributed by atoms with van der Waals surface area (Å²) < 4.78 is 0. The van der Waals surface area contributed by atoms with Crippen molar-refractivity contribution in [1.29, 1.82) is 0 Å². The molecule has 1 unspecified atom stereocenters. The van der Waals surface area contributed by atoms with Gasteiger partial charge in [0.25, 0.3) is 0 Å². The number of piperidine rings is 1. The Morgan fingerprint density at radius 2 is 1.77 bits per heavy atom. The van der Waals surface area contributed by atoms with Crippen LogP contribution >= 0.6 is 0 Å². The van der Waals surface area contributed by atoms with Gasteiger partial charge in [0.05, 0.1) is 6.54 Å². The van der Waals surface area contributed by atoms with Gasteiger partial charge in [-0.05, 0) is 44.4 Å². The highest BCUT2D eigenvalue weighted by atomic mass is 16.2. The highest BCUT2D eigenvalue weighted by Gasteiger charge is 2.25. The second-order valence-electron chi connectivity index (χ2n) is 7.06. The first-order chi connectivity index (χ1) is 10.6. The first kappa shape index (κ1) is 17.3. The summed E-state index contributed by atoms with van der Waals surface area (Å²) in [5.41, 5.74) is 5.92. The molecule has 0 aromatic heterocycles. The molecule has 0 aromatic rings. The normalized spacial score (nSPS) is 22.4. The van der Waals surface area contributed by atoms with Gasteiger partial charge < -0.3 is 16.0 Å². The summed E-state index contributed by atoms with van der Waals surface area (Å²) in [7, 11) is 0. The smallest absolute Gasteiger partial charge is 0.241 e. The average molecular weight is 309 g/mol. The lowest BCUT2D eigenvalue weighted by Crippen LogP contribution is -2.46. The fourth-order valence-corrected chi connectivity index (χ4v) is 3.69. The van der Waals surface area contributed by atoms with Crippen molar-refractivity contribution in [3.8, 4) is 0 Å². The molecule has 126 valence electrons. The summed E-state index contributed by atoms with van der Waals surface area (Å²) in [6.45, 7) is 3.72. The number of nitrogens with two attached hydrogens (primary N) is 1. The van der Waals surface area contributed by atoms with Gasteiger partial charge in [-0.1, -0.05) is 19.3 Å². The van der Waals surface area contributed by atoms with E-state index in [1.165, 1.54) is 19.3 Å². The Morgan fingerprint density at radius 3 is 2.36 bits per heavy atom. The van der Waals surface area contributed by atoms with Crippen LogP contribution in [-0.4, -0.2) is 42.4 Å². The highest BCUT2D eigenvalue weighted by molar-refractivity contribution is 5.84. The lowest BCUT2D eigenvalue weighted by atomic mass is 9.87. The molecular formula is C17H31N3O2. The van der Waals surface area contributed by atoms with Crippen LogP contribution in [0.4, 0.5) is 0 Å². The lowest BCUT2D eigenvalue weighted by molar-refractivity contribution is -0.134. The number of nitrogens with zero attached hydrogens (tertiary/aromatic N) is 1. The molecule has 0 bridgehead atoms. The first-order valence-corrected chi connectivity index (χ1v) is 8.86. The molecule has 1 heterocycles. The van der Waals surface area contributed by atoms with E-state index in [2.05, 4.69) is 5.32 Å². The standard InChI is InChI=1S/C17H31N3O2/c1-13(18)15-7-9-20(10-8-15)17(22)12-19-16(21)11-14-5-3-2-4-6-14/h13-15H,2-12,18H2,1H3,(H,19,21). The third-order valence-electron chi connectivity index (χ3n) is 5.27. The predicted molar refractivity (Wildman–Crippen MR) is 87.2 cm³/mol. The topological polar surface area (TPSA) is 75.4 Å². The number of nitrogens with one attached hydrogen (secondary N) is 1. The Balaban J connectivity index is 1.64. The van der Waals surface area contributed by atoms with Gasteiger partial charge in [0.15, 0.2) is 0 Å². The van der Waals surface area contributed by atoms with E-state index in [0.717, 1.165) is 38.8 Å². The zero-order valence-electron chi connectivity index (χ0n) is 13.9. The van der Waals surface area contributed by atoms with Crippen molar-refractivity contribution in [2.24, 2.45) is 17.6 Å². The lowest BCUT2D eigenvalue weighted by Gasteiger charge is -2.33. The minimum Gasteiger partial charge on any atom is -0.347 e. The molecule has 1 aliphatic heterocycles. The first-order valence-electron chi connectivity index (χ1n) is 8.86. The maximum atomic E-state index is 12.2. The largest absolute Gasteiger partial charge is 0.347 e. The van der Waals surface area contributed by atoms with Crippen molar-refractivity contribution < 1.29 is 9.59 Å². The Labute approximate surface area is 134 Å². The third-order valence-corrected chi connectivity index (χ3v) is 5.27. The molecule has 5 nitrogen and oxygen atoms in total. The van der Waals surface area contributed by atoms with Gasteiger partial charge in [0, 0.05) is 25.6 Å². The molecule has 0 radical (unpaired) electrons. The van der Waals surface area contributed by atoms with E-state index in [1.807, 2.05) is 11.8 Å². The number of likely N-dealkylation sites (tertiary alicyclic amines) is 1. The summed E-state index contributed by atoms with van der Waals surface area (Å²) in [6.07, 6.45) is 8.63.